The van der Waals surface area contributed by atoms with Crippen molar-refractivity contribution in [3.8, 4) is 0 Å². The van der Waals surface area contributed by atoms with E-state index in [-0.39, 0.29) is 11.3 Å². The smallest absolute Gasteiger partial charge is 0.141 e. The first-order valence-corrected chi connectivity index (χ1v) is 6.02. The number of carbonyl (C=O) groups excluding carboxylic acids is 1. The van der Waals surface area contributed by atoms with Gasteiger partial charge in [0.05, 0.1) is 0 Å². The van der Waals surface area contributed by atoms with Gasteiger partial charge in [-0.2, -0.15) is 0 Å². The van der Waals surface area contributed by atoms with Crippen LogP contribution in [0.5, 0.6) is 0 Å². The summed E-state index contributed by atoms with van der Waals surface area (Å²) in [6.07, 6.45) is 5.89. The Kier molecular flexibility index (Phi) is 3.74. The van der Waals surface area contributed by atoms with E-state index in [1.165, 1.54) is 12.8 Å². The molecule has 0 aromatic rings. The van der Waals surface area contributed by atoms with Crippen molar-refractivity contribution in [2.75, 3.05) is 0 Å². The number of carbonyl (C=O) groups is 1. The van der Waals surface area contributed by atoms with Crippen LogP contribution < -0.4 is 0 Å². The molecule has 0 atom stereocenters. The predicted molar refractivity (Wildman–Crippen MR) is 60.2 cm³/mol. The number of rotatable bonds is 5. The van der Waals surface area contributed by atoms with Crippen LogP contribution in [0, 0.1) is 17.3 Å². The number of hydrogen-bond donors (Lipinski definition) is 0. The van der Waals surface area contributed by atoms with Crippen molar-refractivity contribution in [3.63, 3.8) is 0 Å². The molecule has 0 aliphatic heterocycles. The zero-order valence-corrected chi connectivity index (χ0v) is 10.1. The number of ketones is 1. The van der Waals surface area contributed by atoms with Crippen LogP contribution >= 0.6 is 0 Å². The Labute approximate surface area is 88.3 Å². The summed E-state index contributed by atoms with van der Waals surface area (Å²) in [5, 5.41) is 0. The maximum Gasteiger partial charge on any atom is 0.141 e. The first kappa shape index (κ1) is 11.7. The highest BCUT2D eigenvalue weighted by atomic mass is 16.1. The van der Waals surface area contributed by atoms with Crippen LogP contribution in [-0.4, -0.2) is 5.78 Å². The van der Waals surface area contributed by atoms with Gasteiger partial charge in [0.2, 0.25) is 0 Å². The van der Waals surface area contributed by atoms with Crippen LogP contribution in [0.2, 0.25) is 0 Å². The molecule has 82 valence electrons. The molecule has 0 saturated heterocycles. The molecular weight excluding hydrogens is 172 g/mol. The van der Waals surface area contributed by atoms with Gasteiger partial charge in [0.25, 0.3) is 0 Å². The Morgan fingerprint density at radius 3 is 2.07 bits per heavy atom. The van der Waals surface area contributed by atoms with Gasteiger partial charge in [0.1, 0.15) is 5.78 Å². The number of Topliss-reactive ketones (excluding diaryl/α,β-unsaturated/α-hetero) is 1. The Morgan fingerprint density at radius 2 is 1.79 bits per heavy atom. The summed E-state index contributed by atoms with van der Waals surface area (Å²) < 4.78 is 0. The van der Waals surface area contributed by atoms with E-state index in [4.69, 9.17) is 0 Å². The van der Waals surface area contributed by atoms with E-state index in [9.17, 15) is 4.79 Å². The highest BCUT2D eigenvalue weighted by molar-refractivity contribution is 5.87. The zero-order valence-electron chi connectivity index (χ0n) is 10.1. The van der Waals surface area contributed by atoms with Crippen LogP contribution in [0.4, 0.5) is 0 Å². The van der Waals surface area contributed by atoms with Crippen LogP contribution in [0.15, 0.2) is 0 Å². The Hall–Kier alpha value is -0.330. The maximum atomic E-state index is 12.1. The molecule has 1 aliphatic rings. The lowest BCUT2D eigenvalue weighted by molar-refractivity contribution is -0.137. The standard InChI is InChI=1S/C13H24O/c1-10(2)6-9-13(7-5-8-13)12(14)11(3)4/h10-11H,5-9H2,1-4H3. The van der Waals surface area contributed by atoms with Crippen molar-refractivity contribution in [2.24, 2.45) is 17.3 Å². The second kappa shape index (κ2) is 4.46. The molecule has 0 heterocycles. The summed E-state index contributed by atoms with van der Waals surface area (Å²) in [6.45, 7) is 8.56. The lowest BCUT2D eigenvalue weighted by Crippen LogP contribution is -2.40. The fraction of sp³-hybridized carbons (Fsp3) is 0.923. The SMILES string of the molecule is CC(C)CCC1(C(=O)C(C)C)CCC1. The summed E-state index contributed by atoms with van der Waals surface area (Å²) in [5.74, 6) is 1.47. The third-order valence-corrected chi connectivity index (χ3v) is 3.56. The molecule has 14 heavy (non-hydrogen) atoms. The van der Waals surface area contributed by atoms with Gasteiger partial charge in [-0.25, -0.2) is 0 Å². The summed E-state index contributed by atoms with van der Waals surface area (Å²) in [4.78, 5) is 12.1. The van der Waals surface area contributed by atoms with Crippen LogP contribution in [0.3, 0.4) is 0 Å². The molecule has 1 heteroatoms. The average molecular weight is 196 g/mol. The third-order valence-electron chi connectivity index (χ3n) is 3.56. The summed E-state index contributed by atoms with van der Waals surface area (Å²) >= 11 is 0. The third kappa shape index (κ3) is 2.37. The molecule has 0 bridgehead atoms. The van der Waals surface area contributed by atoms with Gasteiger partial charge in [-0.1, -0.05) is 40.5 Å². The van der Waals surface area contributed by atoms with Crippen LogP contribution in [0.25, 0.3) is 0 Å². The van der Waals surface area contributed by atoms with Crippen LogP contribution in [-0.2, 0) is 4.79 Å². The average Bonchev–Trinajstić information content (AvgIpc) is 2.01. The van der Waals surface area contributed by atoms with Crippen molar-refractivity contribution in [3.05, 3.63) is 0 Å². The lowest BCUT2D eigenvalue weighted by atomic mass is 9.61. The molecule has 1 nitrogen and oxygen atoms in total. The Balaban J connectivity index is 2.53. The highest BCUT2D eigenvalue weighted by Gasteiger charge is 2.43. The summed E-state index contributed by atoms with van der Waals surface area (Å²) in [7, 11) is 0. The van der Waals surface area contributed by atoms with Crippen LogP contribution in [0.1, 0.15) is 59.8 Å². The molecule has 0 aromatic heterocycles. The lowest BCUT2D eigenvalue weighted by Gasteiger charge is -2.42. The predicted octanol–water partition coefficient (Wildman–Crippen LogP) is 3.82. The van der Waals surface area contributed by atoms with Crippen molar-refractivity contribution in [1.29, 1.82) is 0 Å². The molecule has 0 spiro atoms. The number of hydrogen-bond acceptors (Lipinski definition) is 1. The Bertz CT molecular complexity index is 199. The fourth-order valence-corrected chi connectivity index (χ4v) is 2.40. The van der Waals surface area contributed by atoms with Gasteiger partial charge in [-0.05, 0) is 25.2 Å². The van der Waals surface area contributed by atoms with E-state index in [0.717, 1.165) is 25.2 Å². The van der Waals surface area contributed by atoms with Gasteiger partial charge in [-0.3, -0.25) is 4.79 Å². The molecule has 1 fully saturated rings. The van der Waals surface area contributed by atoms with E-state index < -0.39 is 0 Å². The normalized spacial score (nSPS) is 19.9. The second-order valence-electron chi connectivity index (χ2n) is 5.59. The summed E-state index contributed by atoms with van der Waals surface area (Å²) in [6, 6.07) is 0. The quantitative estimate of drug-likeness (QED) is 0.653. The van der Waals surface area contributed by atoms with Gasteiger partial charge in [-0.15, -0.1) is 0 Å². The van der Waals surface area contributed by atoms with E-state index >= 15 is 0 Å². The first-order chi connectivity index (χ1) is 6.48. The molecule has 1 saturated carbocycles. The van der Waals surface area contributed by atoms with Crippen molar-refractivity contribution >= 4 is 5.78 Å². The van der Waals surface area contributed by atoms with Crippen molar-refractivity contribution < 1.29 is 4.79 Å². The van der Waals surface area contributed by atoms with Gasteiger partial charge in [0.15, 0.2) is 0 Å². The van der Waals surface area contributed by atoms with E-state index in [1.54, 1.807) is 0 Å². The molecule has 0 N–H and O–H groups in total. The van der Waals surface area contributed by atoms with Crippen molar-refractivity contribution in [2.45, 2.75) is 59.8 Å². The van der Waals surface area contributed by atoms with Crippen molar-refractivity contribution in [1.82, 2.24) is 0 Å². The first-order valence-electron chi connectivity index (χ1n) is 6.02. The minimum absolute atomic E-state index is 0.0957. The molecule has 0 radical (unpaired) electrons. The molecule has 0 aromatic carbocycles. The topological polar surface area (TPSA) is 17.1 Å². The van der Waals surface area contributed by atoms with E-state index in [2.05, 4.69) is 13.8 Å². The molecule has 0 amide bonds. The minimum Gasteiger partial charge on any atom is -0.299 e. The maximum absolute atomic E-state index is 12.1. The molecule has 1 aliphatic carbocycles. The fourth-order valence-electron chi connectivity index (χ4n) is 2.40. The molecule has 1 rings (SSSR count). The van der Waals surface area contributed by atoms with Gasteiger partial charge >= 0.3 is 0 Å². The Morgan fingerprint density at radius 1 is 1.21 bits per heavy atom. The minimum atomic E-state index is 0.0957. The highest BCUT2D eigenvalue weighted by Crippen LogP contribution is 2.47. The molecular formula is C13H24O. The van der Waals surface area contributed by atoms with Gasteiger partial charge in [0, 0.05) is 11.3 Å². The van der Waals surface area contributed by atoms with E-state index in [1.807, 2.05) is 13.8 Å². The largest absolute Gasteiger partial charge is 0.299 e. The van der Waals surface area contributed by atoms with E-state index in [0.29, 0.717) is 5.78 Å². The molecule has 0 unspecified atom stereocenters. The summed E-state index contributed by atoms with van der Waals surface area (Å²) in [5.41, 5.74) is 0.0957. The monoisotopic (exact) mass is 196 g/mol. The zero-order chi connectivity index (χ0) is 10.8. The van der Waals surface area contributed by atoms with Gasteiger partial charge < -0.3 is 0 Å². The second-order valence-corrected chi connectivity index (χ2v) is 5.59.